The molecule has 1 rings (SSSR count). The number of methoxy groups -OCH3 is 2. The van der Waals surface area contributed by atoms with Gasteiger partial charge in [0.05, 0.1) is 7.11 Å². The molecule has 0 bridgehead atoms. The van der Waals surface area contributed by atoms with E-state index in [1.165, 1.54) is 18.4 Å². The fourth-order valence-corrected chi connectivity index (χ4v) is 4.32. The number of nitrogens with zero attached hydrogens (tertiary/aromatic N) is 2. The lowest BCUT2D eigenvalue weighted by Gasteiger charge is -2.36. The van der Waals surface area contributed by atoms with Crippen LogP contribution in [0.1, 0.15) is 94.7 Å². The number of ether oxygens (including phenoxy) is 3. The molecule has 0 aliphatic rings. The SMILES string of the molecule is CCCCCOCN(C(=O)C[C@@H](C)CC)[C@H](C[C@@H](OC)c1nc(C(=O)OC)cs1)C(C)C. The molecule has 0 radical (unpaired) electrons. The first-order valence-electron chi connectivity index (χ1n) is 11.7. The normalized spacial score (nSPS) is 14.2. The molecule has 0 spiro atoms. The van der Waals surface area contributed by atoms with E-state index in [9.17, 15) is 9.59 Å². The molecular weight excluding hydrogens is 428 g/mol. The standard InChI is InChI=1S/C24H42N2O5S/c1-8-10-11-12-31-16-26(22(27)13-18(5)9-2)20(17(3)4)14-21(29-6)23-25-19(15-32-23)24(28)30-7/h15,17-18,20-21H,8-14,16H2,1-7H3/t18-,20+,21+/m0/s1. The van der Waals surface area contributed by atoms with Crippen molar-refractivity contribution in [3.8, 4) is 0 Å². The van der Waals surface area contributed by atoms with Crippen molar-refractivity contribution >= 4 is 23.2 Å². The lowest BCUT2D eigenvalue weighted by molar-refractivity contribution is -0.144. The zero-order valence-corrected chi connectivity index (χ0v) is 21.7. The van der Waals surface area contributed by atoms with Crippen molar-refractivity contribution < 1.29 is 23.8 Å². The molecule has 0 saturated heterocycles. The van der Waals surface area contributed by atoms with Crippen LogP contribution in [0.25, 0.3) is 0 Å². The molecule has 32 heavy (non-hydrogen) atoms. The van der Waals surface area contributed by atoms with E-state index in [1.54, 1.807) is 12.5 Å². The van der Waals surface area contributed by atoms with Gasteiger partial charge in [0.1, 0.15) is 17.8 Å². The first-order chi connectivity index (χ1) is 15.3. The lowest BCUT2D eigenvalue weighted by Crippen LogP contribution is -2.46. The van der Waals surface area contributed by atoms with Crippen molar-refractivity contribution in [2.45, 2.75) is 85.3 Å². The molecule has 0 aliphatic heterocycles. The van der Waals surface area contributed by atoms with Gasteiger partial charge in [0, 0.05) is 38.0 Å². The Kier molecular flexibility index (Phi) is 13.7. The first kappa shape index (κ1) is 28.5. The number of thiazole rings is 1. The Morgan fingerprint density at radius 1 is 1.16 bits per heavy atom. The molecule has 8 heteroatoms. The highest BCUT2D eigenvalue weighted by atomic mass is 32.1. The third-order valence-electron chi connectivity index (χ3n) is 5.76. The number of carbonyl (C=O) groups is 2. The van der Waals surface area contributed by atoms with Gasteiger partial charge in [-0.15, -0.1) is 11.3 Å². The fraction of sp³-hybridized carbons (Fsp3) is 0.792. The van der Waals surface area contributed by atoms with Gasteiger partial charge in [-0.1, -0.05) is 53.9 Å². The van der Waals surface area contributed by atoms with Gasteiger partial charge in [0.25, 0.3) is 0 Å². The van der Waals surface area contributed by atoms with E-state index >= 15 is 0 Å². The van der Waals surface area contributed by atoms with Crippen molar-refractivity contribution in [3.05, 3.63) is 16.1 Å². The third kappa shape index (κ3) is 9.16. The number of unbranched alkanes of at least 4 members (excludes halogenated alkanes) is 2. The molecule has 1 amide bonds. The summed E-state index contributed by atoms with van der Waals surface area (Å²) in [5.74, 6) is 0.164. The van der Waals surface area contributed by atoms with Gasteiger partial charge in [-0.2, -0.15) is 0 Å². The maximum absolute atomic E-state index is 13.2. The van der Waals surface area contributed by atoms with Gasteiger partial charge in [0.2, 0.25) is 5.91 Å². The van der Waals surface area contributed by atoms with Crippen LogP contribution in [0.3, 0.4) is 0 Å². The smallest absolute Gasteiger partial charge is 0.357 e. The molecule has 7 nitrogen and oxygen atoms in total. The van der Waals surface area contributed by atoms with Crippen molar-refractivity contribution in [3.63, 3.8) is 0 Å². The van der Waals surface area contributed by atoms with Crippen LogP contribution in [-0.4, -0.2) is 55.4 Å². The van der Waals surface area contributed by atoms with Gasteiger partial charge < -0.3 is 19.1 Å². The Balaban J connectivity index is 3.03. The molecule has 184 valence electrons. The summed E-state index contributed by atoms with van der Waals surface area (Å²) < 4.78 is 16.4. The highest BCUT2D eigenvalue weighted by Crippen LogP contribution is 2.30. The predicted molar refractivity (Wildman–Crippen MR) is 128 cm³/mol. The van der Waals surface area contributed by atoms with Crippen LogP contribution in [0.5, 0.6) is 0 Å². The van der Waals surface area contributed by atoms with Gasteiger partial charge in [-0.25, -0.2) is 9.78 Å². The van der Waals surface area contributed by atoms with Crippen molar-refractivity contribution in [2.24, 2.45) is 11.8 Å². The van der Waals surface area contributed by atoms with Crippen LogP contribution in [0.4, 0.5) is 0 Å². The van der Waals surface area contributed by atoms with Crippen LogP contribution in [0.2, 0.25) is 0 Å². The summed E-state index contributed by atoms with van der Waals surface area (Å²) in [6.07, 6.45) is 4.95. The van der Waals surface area contributed by atoms with E-state index in [0.29, 0.717) is 30.4 Å². The molecule has 0 aromatic carbocycles. The molecule has 0 N–H and O–H groups in total. The molecule has 0 saturated carbocycles. The second-order valence-electron chi connectivity index (χ2n) is 8.66. The lowest BCUT2D eigenvalue weighted by atomic mass is 9.95. The monoisotopic (exact) mass is 470 g/mol. The van der Waals surface area contributed by atoms with Gasteiger partial charge >= 0.3 is 5.97 Å². The van der Waals surface area contributed by atoms with E-state index in [0.717, 1.165) is 25.7 Å². The van der Waals surface area contributed by atoms with Crippen LogP contribution < -0.4 is 0 Å². The van der Waals surface area contributed by atoms with Crippen molar-refractivity contribution in [1.82, 2.24) is 9.88 Å². The zero-order valence-electron chi connectivity index (χ0n) is 20.9. The summed E-state index contributed by atoms with van der Waals surface area (Å²) in [5.41, 5.74) is 0.277. The topological polar surface area (TPSA) is 78.0 Å². The Labute approximate surface area is 197 Å². The highest BCUT2D eigenvalue weighted by Gasteiger charge is 2.31. The predicted octanol–water partition coefficient (Wildman–Crippen LogP) is 5.46. The zero-order chi connectivity index (χ0) is 24.1. The number of rotatable bonds is 16. The maximum Gasteiger partial charge on any atom is 0.357 e. The van der Waals surface area contributed by atoms with E-state index in [2.05, 4.69) is 39.6 Å². The van der Waals surface area contributed by atoms with Gasteiger partial charge in [-0.05, 0) is 18.3 Å². The van der Waals surface area contributed by atoms with Gasteiger partial charge in [-0.3, -0.25) is 4.79 Å². The number of hydrogen-bond acceptors (Lipinski definition) is 7. The summed E-state index contributed by atoms with van der Waals surface area (Å²) in [5, 5.41) is 2.39. The van der Waals surface area contributed by atoms with Crippen LogP contribution in [0.15, 0.2) is 5.38 Å². The Hall–Kier alpha value is -1.51. The number of amides is 1. The van der Waals surface area contributed by atoms with Crippen LogP contribution in [-0.2, 0) is 19.0 Å². The van der Waals surface area contributed by atoms with Gasteiger partial charge in [0.15, 0.2) is 5.69 Å². The van der Waals surface area contributed by atoms with E-state index < -0.39 is 5.97 Å². The highest BCUT2D eigenvalue weighted by molar-refractivity contribution is 7.09. The minimum atomic E-state index is -0.464. The van der Waals surface area contributed by atoms with E-state index in [1.807, 2.05) is 4.90 Å². The molecule has 0 fully saturated rings. The average molecular weight is 471 g/mol. The Morgan fingerprint density at radius 2 is 1.88 bits per heavy atom. The summed E-state index contributed by atoms with van der Waals surface area (Å²) in [6, 6.07) is -0.0758. The van der Waals surface area contributed by atoms with Crippen molar-refractivity contribution in [2.75, 3.05) is 27.6 Å². The van der Waals surface area contributed by atoms with Crippen molar-refractivity contribution in [1.29, 1.82) is 0 Å². The van der Waals surface area contributed by atoms with Crippen LogP contribution >= 0.6 is 11.3 Å². The Morgan fingerprint density at radius 3 is 2.44 bits per heavy atom. The fourth-order valence-electron chi connectivity index (χ4n) is 3.44. The second kappa shape index (κ2) is 15.3. The number of carbonyl (C=O) groups excluding carboxylic acids is 2. The summed E-state index contributed by atoms with van der Waals surface area (Å²) in [7, 11) is 2.97. The summed E-state index contributed by atoms with van der Waals surface area (Å²) >= 11 is 1.37. The minimum absolute atomic E-state index is 0.0758. The van der Waals surface area contributed by atoms with E-state index in [-0.39, 0.29) is 36.4 Å². The largest absolute Gasteiger partial charge is 0.464 e. The quantitative estimate of drug-likeness (QED) is 0.181. The molecule has 3 atom stereocenters. The Bertz CT molecular complexity index is 679. The van der Waals surface area contributed by atoms with Crippen LogP contribution in [0, 0.1) is 11.8 Å². The molecular formula is C24H42N2O5S. The maximum atomic E-state index is 13.2. The molecule has 1 heterocycles. The van der Waals surface area contributed by atoms with E-state index in [4.69, 9.17) is 14.2 Å². The summed E-state index contributed by atoms with van der Waals surface area (Å²) in [6.45, 7) is 11.5. The molecule has 0 unspecified atom stereocenters. The molecule has 1 aromatic rings. The molecule has 0 aliphatic carbocycles. The minimum Gasteiger partial charge on any atom is -0.464 e. The summed E-state index contributed by atoms with van der Waals surface area (Å²) in [4.78, 5) is 31.3. The number of esters is 1. The second-order valence-corrected chi connectivity index (χ2v) is 9.55. The number of hydrogen-bond donors (Lipinski definition) is 0. The molecule has 1 aromatic heterocycles. The number of aromatic nitrogens is 1. The third-order valence-corrected chi connectivity index (χ3v) is 6.70. The average Bonchev–Trinajstić information content (AvgIpc) is 3.26. The first-order valence-corrected chi connectivity index (χ1v) is 12.6.